The molecule has 0 atom stereocenters. The molecule has 0 N–H and O–H groups in total. The molecule has 0 saturated carbocycles. The summed E-state index contributed by atoms with van der Waals surface area (Å²) < 4.78 is 5.15. The van der Waals surface area contributed by atoms with Gasteiger partial charge in [-0.2, -0.15) is 0 Å². The van der Waals surface area contributed by atoms with E-state index in [1.54, 1.807) is 13.2 Å². The molecule has 2 nitrogen and oxygen atoms in total. The molecule has 0 aromatic heterocycles. The molecular weight excluding hydrogens is 248 g/mol. The van der Waals surface area contributed by atoms with E-state index < -0.39 is 0 Å². The van der Waals surface area contributed by atoms with Crippen molar-refractivity contribution in [1.82, 2.24) is 0 Å². The minimum atomic E-state index is 0.131. The molecule has 0 heterocycles. The van der Waals surface area contributed by atoms with Gasteiger partial charge in [-0.15, -0.1) is 0 Å². The fraction of sp³-hybridized carbons (Fsp3) is 0.278. The number of hydrogen-bond acceptors (Lipinski definition) is 2. The van der Waals surface area contributed by atoms with Crippen LogP contribution in [0.2, 0.25) is 0 Å². The zero-order valence-electron chi connectivity index (χ0n) is 12.4. The summed E-state index contributed by atoms with van der Waals surface area (Å²) in [5.41, 5.74) is 4.03. The molecule has 2 rings (SSSR count). The Morgan fingerprint density at radius 1 is 1.00 bits per heavy atom. The molecular formula is C18H20O2. The van der Waals surface area contributed by atoms with Crippen molar-refractivity contribution in [1.29, 1.82) is 0 Å². The first kappa shape index (κ1) is 14.3. The Morgan fingerprint density at radius 3 is 2.15 bits per heavy atom. The number of methoxy groups -OCH3 is 1. The molecule has 0 spiro atoms. The number of hydrogen-bond donors (Lipinski definition) is 0. The first-order chi connectivity index (χ1) is 9.45. The highest BCUT2D eigenvalue weighted by atomic mass is 16.5. The quantitative estimate of drug-likeness (QED) is 0.768. The van der Waals surface area contributed by atoms with E-state index in [1.165, 1.54) is 5.56 Å². The molecule has 0 saturated heterocycles. The fourth-order valence-electron chi connectivity index (χ4n) is 2.18. The van der Waals surface area contributed by atoms with Gasteiger partial charge in [0.05, 0.1) is 7.11 Å². The van der Waals surface area contributed by atoms with Crippen LogP contribution in [0.25, 0.3) is 11.1 Å². The van der Waals surface area contributed by atoms with Gasteiger partial charge in [-0.25, -0.2) is 0 Å². The van der Waals surface area contributed by atoms with Crippen molar-refractivity contribution >= 4 is 6.29 Å². The van der Waals surface area contributed by atoms with Gasteiger partial charge in [0.1, 0.15) is 5.75 Å². The highest BCUT2D eigenvalue weighted by Gasteiger charge is 2.13. The molecule has 0 bridgehead atoms. The first-order valence-electron chi connectivity index (χ1n) is 6.70. The maximum absolute atomic E-state index is 11.2. The van der Waals surface area contributed by atoms with Gasteiger partial charge < -0.3 is 4.74 Å². The third-order valence-electron chi connectivity index (χ3n) is 3.45. The van der Waals surface area contributed by atoms with E-state index in [0.29, 0.717) is 11.3 Å². The van der Waals surface area contributed by atoms with Crippen molar-refractivity contribution in [3.8, 4) is 16.9 Å². The minimum absolute atomic E-state index is 0.131. The summed E-state index contributed by atoms with van der Waals surface area (Å²) >= 11 is 0. The van der Waals surface area contributed by atoms with Gasteiger partial charge in [0, 0.05) is 5.56 Å². The first-order valence-corrected chi connectivity index (χ1v) is 6.70. The lowest BCUT2D eigenvalue weighted by Gasteiger charge is -2.19. The van der Waals surface area contributed by atoms with Gasteiger partial charge in [0.15, 0.2) is 6.29 Å². The Kier molecular flexibility index (Phi) is 3.93. The van der Waals surface area contributed by atoms with Crippen LogP contribution in [-0.4, -0.2) is 13.4 Å². The molecule has 0 aliphatic rings. The van der Waals surface area contributed by atoms with Crippen LogP contribution in [0, 0.1) is 0 Å². The van der Waals surface area contributed by atoms with Crippen LogP contribution in [0.15, 0.2) is 42.5 Å². The smallest absolute Gasteiger partial charge is 0.150 e. The summed E-state index contributed by atoms with van der Waals surface area (Å²) in [5.74, 6) is 0.696. The van der Waals surface area contributed by atoms with Gasteiger partial charge in [0.2, 0.25) is 0 Å². The van der Waals surface area contributed by atoms with E-state index in [9.17, 15) is 4.79 Å². The summed E-state index contributed by atoms with van der Waals surface area (Å²) in [5, 5.41) is 0. The zero-order chi connectivity index (χ0) is 14.8. The number of aldehydes is 1. The standard InChI is InChI=1S/C18H20O2/c1-18(2,3)15-7-5-13(6-8-15)17-10-9-16(20-4)11-14(17)12-19/h5-12H,1-4H3. The Balaban J connectivity index is 2.44. The minimum Gasteiger partial charge on any atom is -0.497 e. The van der Waals surface area contributed by atoms with Crippen molar-refractivity contribution in [3.05, 3.63) is 53.6 Å². The second-order valence-corrected chi connectivity index (χ2v) is 5.90. The van der Waals surface area contributed by atoms with Crippen molar-refractivity contribution in [2.45, 2.75) is 26.2 Å². The van der Waals surface area contributed by atoms with E-state index >= 15 is 0 Å². The molecule has 2 heteroatoms. The predicted molar refractivity (Wildman–Crippen MR) is 82.5 cm³/mol. The number of benzene rings is 2. The number of ether oxygens (including phenoxy) is 1. The molecule has 0 amide bonds. The third kappa shape index (κ3) is 2.90. The highest BCUT2D eigenvalue weighted by molar-refractivity contribution is 5.88. The SMILES string of the molecule is COc1ccc(-c2ccc(C(C)(C)C)cc2)c(C=O)c1. The average Bonchev–Trinajstić information content (AvgIpc) is 2.45. The van der Waals surface area contributed by atoms with Crippen LogP contribution in [0.5, 0.6) is 5.75 Å². The lowest BCUT2D eigenvalue weighted by atomic mass is 9.86. The number of carbonyl (C=O) groups excluding carboxylic acids is 1. The molecule has 0 aliphatic carbocycles. The van der Waals surface area contributed by atoms with Crippen molar-refractivity contribution in [2.24, 2.45) is 0 Å². The largest absolute Gasteiger partial charge is 0.497 e. The second kappa shape index (κ2) is 5.49. The second-order valence-electron chi connectivity index (χ2n) is 5.90. The summed E-state index contributed by atoms with van der Waals surface area (Å²) in [7, 11) is 1.60. The summed E-state index contributed by atoms with van der Waals surface area (Å²) in [6.45, 7) is 6.56. The van der Waals surface area contributed by atoms with Crippen LogP contribution in [0.3, 0.4) is 0 Å². The Bertz CT molecular complexity index is 604. The van der Waals surface area contributed by atoms with Crippen LogP contribution in [0.4, 0.5) is 0 Å². The average molecular weight is 268 g/mol. The normalized spacial score (nSPS) is 11.2. The molecule has 0 fully saturated rings. The van der Waals surface area contributed by atoms with Gasteiger partial charge in [-0.3, -0.25) is 4.79 Å². The third-order valence-corrected chi connectivity index (χ3v) is 3.45. The summed E-state index contributed by atoms with van der Waals surface area (Å²) in [4.78, 5) is 11.2. The summed E-state index contributed by atoms with van der Waals surface area (Å²) in [6, 6.07) is 13.9. The Morgan fingerprint density at radius 2 is 1.65 bits per heavy atom. The van der Waals surface area contributed by atoms with Gasteiger partial charge in [-0.05, 0) is 40.3 Å². The maximum Gasteiger partial charge on any atom is 0.150 e. The van der Waals surface area contributed by atoms with Crippen LogP contribution >= 0.6 is 0 Å². The van der Waals surface area contributed by atoms with Crippen molar-refractivity contribution in [3.63, 3.8) is 0 Å². The molecule has 0 radical (unpaired) electrons. The molecule has 2 aromatic carbocycles. The number of carbonyl (C=O) groups is 1. The Labute approximate surface area is 120 Å². The van der Waals surface area contributed by atoms with Gasteiger partial charge in [-0.1, -0.05) is 45.0 Å². The molecule has 0 aliphatic heterocycles. The van der Waals surface area contributed by atoms with Crippen LogP contribution in [-0.2, 0) is 5.41 Å². The van der Waals surface area contributed by atoms with Crippen LogP contribution in [0.1, 0.15) is 36.7 Å². The lowest BCUT2D eigenvalue weighted by molar-refractivity contribution is 0.112. The topological polar surface area (TPSA) is 26.3 Å². The predicted octanol–water partition coefficient (Wildman–Crippen LogP) is 4.47. The zero-order valence-corrected chi connectivity index (χ0v) is 12.4. The number of rotatable bonds is 3. The lowest BCUT2D eigenvalue weighted by Crippen LogP contribution is -2.10. The molecule has 2 aromatic rings. The van der Waals surface area contributed by atoms with Crippen molar-refractivity contribution in [2.75, 3.05) is 7.11 Å². The van der Waals surface area contributed by atoms with Gasteiger partial charge >= 0.3 is 0 Å². The van der Waals surface area contributed by atoms with E-state index in [1.807, 2.05) is 12.1 Å². The van der Waals surface area contributed by atoms with E-state index in [-0.39, 0.29) is 5.41 Å². The van der Waals surface area contributed by atoms with Crippen molar-refractivity contribution < 1.29 is 9.53 Å². The molecule has 20 heavy (non-hydrogen) atoms. The monoisotopic (exact) mass is 268 g/mol. The van der Waals surface area contributed by atoms with Crippen LogP contribution < -0.4 is 4.74 Å². The summed E-state index contributed by atoms with van der Waals surface area (Å²) in [6.07, 6.45) is 0.871. The highest BCUT2D eigenvalue weighted by Crippen LogP contribution is 2.29. The van der Waals surface area contributed by atoms with Gasteiger partial charge in [0.25, 0.3) is 0 Å². The van der Waals surface area contributed by atoms with E-state index in [2.05, 4.69) is 45.0 Å². The fourth-order valence-corrected chi connectivity index (χ4v) is 2.18. The maximum atomic E-state index is 11.2. The van der Waals surface area contributed by atoms with E-state index in [0.717, 1.165) is 17.4 Å². The van der Waals surface area contributed by atoms with E-state index in [4.69, 9.17) is 4.74 Å². The molecule has 104 valence electrons. The molecule has 0 unspecified atom stereocenters. The Hall–Kier alpha value is -2.09.